The van der Waals surface area contributed by atoms with E-state index < -0.39 is 5.82 Å². The Morgan fingerprint density at radius 1 is 1.23 bits per heavy atom. The average molecular weight is 497 g/mol. The Morgan fingerprint density at radius 3 is 2.86 bits per heavy atom. The number of aromatic nitrogens is 3. The van der Waals surface area contributed by atoms with Gasteiger partial charge in [0.15, 0.2) is 11.6 Å². The number of amides is 1. The van der Waals surface area contributed by atoms with Crippen LogP contribution in [-0.2, 0) is 11.8 Å². The van der Waals surface area contributed by atoms with Crippen LogP contribution in [0, 0.1) is 5.82 Å². The Labute approximate surface area is 205 Å². The molecule has 1 fully saturated rings. The molecule has 0 radical (unpaired) electrons. The van der Waals surface area contributed by atoms with Gasteiger partial charge >= 0.3 is 0 Å². The Morgan fingerprint density at radius 2 is 2.06 bits per heavy atom. The van der Waals surface area contributed by atoms with Gasteiger partial charge in [0.2, 0.25) is 0 Å². The van der Waals surface area contributed by atoms with E-state index in [1.54, 1.807) is 36.1 Å². The highest BCUT2D eigenvalue weighted by molar-refractivity contribution is 7.22. The quantitative estimate of drug-likeness (QED) is 0.378. The molecule has 1 aliphatic heterocycles. The highest BCUT2D eigenvalue weighted by Gasteiger charge is 2.19. The molecule has 35 heavy (non-hydrogen) atoms. The third-order valence-electron chi connectivity index (χ3n) is 5.81. The van der Waals surface area contributed by atoms with Gasteiger partial charge in [-0.2, -0.15) is 0 Å². The predicted octanol–water partition coefficient (Wildman–Crippen LogP) is 3.27. The predicted molar refractivity (Wildman–Crippen MR) is 132 cm³/mol. The summed E-state index contributed by atoms with van der Waals surface area (Å²) in [5.41, 5.74) is 7.11. The minimum atomic E-state index is -0.542. The molecule has 4 heterocycles. The molecule has 1 aromatic carbocycles. The second kappa shape index (κ2) is 9.98. The molecule has 0 bridgehead atoms. The molecule has 0 aliphatic carbocycles. The molecule has 9 nitrogen and oxygen atoms in total. The number of morpholine rings is 1. The Balaban J connectivity index is 1.33. The van der Waals surface area contributed by atoms with Gasteiger partial charge in [0.1, 0.15) is 17.3 Å². The van der Waals surface area contributed by atoms with Gasteiger partial charge in [-0.15, -0.1) is 11.3 Å². The zero-order chi connectivity index (χ0) is 24.4. The Kier molecular flexibility index (Phi) is 6.62. The maximum atomic E-state index is 14.3. The third kappa shape index (κ3) is 4.97. The Hall–Kier alpha value is -3.54. The monoisotopic (exact) mass is 496 g/mol. The highest BCUT2D eigenvalue weighted by Crippen LogP contribution is 2.39. The molecular formula is C24H25FN6O3S. The van der Waals surface area contributed by atoms with Gasteiger partial charge in [0.25, 0.3) is 5.91 Å². The van der Waals surface area contributed by atoms with Crippen LogP contribution in [0.25, 0.3) is 20.9 Å². The summed E-state index contributed by atoms with van der Waals surface area (Å²) in [6.45, 7) is 4.54. The smallest absolute Gasteiger partial charge is 0.269 e. The SMILES string of the molecule is Cn1c(C(=O)NCCN2CCOCC2)cnc1-c1cc2nccc(Oc3ccc(N)cc3F)c2s1. The number of nitrogens with zero attached hydrogens (tertiary/aromatic N) is 4. The first-order valence-electron chi connectivity index (χ1n) is 11.2. The highest BCUT2D eigenvalue weighted by atomic mass is 32.1. The summed E-state index contributed by atoms with van der Waals surface area (Å²) >= 11 is 1.41. The zero-order valence-corrected chi connectivity index (χ0v) is 20.0. The standard InChI is InChI=1S/C24H25FN6O3S/c1-30-18(24(32)28-6-7-31-8-10-33-11-9-31)14-29-23(30)21-13-17-22(35-21)20(4-5-27-17)34-19-3-2-15(26)12-16(19)25/h2-5,12-14H,6-11,26H2,1H3,(H,28,32). The normalized spacial score (nSPS) is 14.3. The average Bonchev–Trinajstić information content (AvgIpc) is 3.45. The largest absolute Gasteiger partial charge is 0.453 e. The summed E-state index contributed by atoms with van der Waals surface area (Å²) in [5.74, 6) is 0.470. The van der Waals surface area contributed by atoms with Crippen molar-refractivity contribution in [2.24, 2.45) is 7.05 Å². The molecule has 182 valence electrons. The van der Waals surface area contributed by atoms with Crippen molar-refractivity contribution in [3.05, 3.63) is 54.2 Å². The molecule has 3 aromatic heterocycles. The van der Waals surface area contributed by atoms with Gasteiger partial charge in [-0.05, 0) is 18.2 Å². The van der Waals surface area contributed by atoms with E-state index in [-0.39, 0.29) is 11.7 Å². The van der Waals surface area contributed by atoms with E-state index in [2.05, 4.69) is 20.2 Å². The van der Waals surface area contributed by atoms with Gasteiger partial charge in [-0.3, -0.25) is 14.7 Å². The molecular weight excluding hydrogens is 471 g/mol. The number of hydrogen-bond acceptors (Lipinski definition) is 8. The maximum absolute atomic E-state index is 14.3. The molecule has 0 atom stereocenters. The maximum Gasteiger partial charge on any atom is 0.269 e. The minimum Gasteiger partial charge on any atom is -0.453 e. The van der Waals surface area contributed by atoms with Crippen molar-refractivity contribution in [1.82, 2.24) is 24.8 Å². The Bertz CT molecular complexity index is 1360. The van der Waals surface area contributed by atoms with Crippen molar-refractivity contribution in [3.8, 4) is 22.2 Å². The first-order valence-corrected chi connectivity index (χ1v) is 12.0. The molecule has 0 spiro atoms. The van der Waals surface area contributed by atoms with Crippen molar-refractivity contribution < 1.29 is 18.7 Å². The molecule has 1 amide bonds. The lowest BCUT2D eigenvalue weighted by Gasteiger charge is -2.26. The van der Waals surface area contributed by atoms with E-state index in [4.69, 9.17) is 15.2 Å². The van der Waals surface area contributed by atoms with Crippen LogP contribution < -0.4 is 15.8 Å². The second-order valence-corrected chi connectivity index (χ2v) is 9.21. The van der Waals surface area contributed by atoms with E-state index in [0.717, 1.165) is 42.4 Å². The summed E-state index contributed by atoms with van der Waals surface area (Å²) in [4.78, 5) is 24.7. The van der Waals surface area contributed by atoms with Gasteiger partial charge in [-0.25, -0.2) is 9.37 Å². The third-order valence-corrected chi connectivity index (χ3v) is 6.94. The van der Waals surface area contributed by atoms with Crippen LogP contribution in [-0.4, -0.2) is 64.7 Å². The van der Waals surface area contributed by atoms with E-state index in [1.807, 2.05) is 6.07 Å². The van der Waals surface area contributed by atoms with Crippen LogP contribution in [0.3, 0.4) is 0 Å². The van der Waals surface area contributed by atoms with Crippen molar-refractivity contribution in [2.45, 2.75) is 0 Å². The number of rotatable bonds is 7. The summed E-state index contributed by atoms with van der Waals surface area (Å²) in [5, 5.41) is 2.97. The molecule has 11 heteroatoms. The van der Waals surface area contributed by atoms with Crippen LogP contribution in [0.1, 0.15) is 10.5 Å². The van der Waals surface area contributed by atoms with Gasteiger partial charge < -0.3 is 25.1 Å². The van der Waals surface area contributed by atoms with Crippen LogP contribution in [0.5, 0.6) is 11.5 Å². The number of hydrogen-bond donors (Lipinski definition) is 2. The number of imidazole rings is 1. The lowest BCUT2D eigenvalue weighted by molar-refractivity contribution is 0.0383. The number of nitrogens with one attached hydrogen (secondary N) is 1. The first-order chi connectivity index (χ1) is 17.0. The number of benzene rings is 1. The molecule has 0 saturated carbocycles. The zero-order valence-electron chi connectivity index (χ0n) is 19.2. The molecule has 4 aromatic rings. The van der Waals surface area contributed by atoms with Gasteiger partial charge in [0.05, 0.1) is 34.5 Å². The molecule has 5 rings (SSSR count). The van der Waals surface area contributed by atoms with Crippen LogP contribution in [0.15, 0.2) is 42.7 Å². The van der Waals surface area contributed by atoms with E-state index in [9.17, 15) is 9.18 Å². The lowest BCUT2D eigenvalue weighted by Crippen LogP contribution is -2.41. The minimum absolute atomic E-state index is 0.0784. The number of ether oxygens (including phenoxy) is 2. The first kappa shape index (κ1) is 23.2. The summed E-state index contributed by atoms with van der Waals surface area (Å²) < 4.78 is 27.9. The molecule has 1 saturated heterocycles. The number of nitrogens with two attached hydrogens (primary N) is 1. The number of halogens is 1. The lowest BCUT2D eigenvalue weighted by atomic mass is 10.3. The van der Waals surface area contributed by atoms with E-state index in [0.29, 0.717) is 35.0 Å². The summed E-state index contributed by atoms with van der Waals surface area (Å²) in [6, 6.07) is 7.86. The van der Waals surface area contributed by atoms with Crippen molar-refractivity contribution in [3.63, 3.8) is 0 Å². The number of anilines is 1. The van der Waals surface area contributed by atoms with E-state index in [1.165, 1.54) is 23.5 Å². The van der Waals surface area contributed by atoms with Crippen molar-refractivity contribution in [2.75, 3.05) is 45.1 Å². The second-order valence-electron chi connectivity index (χ2n) is 8.16. The number of carbonyl (C=O) groups excluding carboxylic acids is 1. The molecule has 0 unspecified atom stereocenters. The molecule has 1 aliphatic rings. The van der Waals surface area contributed by atoms with Crippen LogP contribution in [0.2, 0.25) is 0 Å². The number of pyridine rings is 1. The fourth-order valence-corrected chi connectivity index (χ4v) is 5.01. The fourth-order valence-electron chi connectivity index (χ4n) is 3.92. The summed E-state index contributed by atoms with van der Waals surface area (Å²) in [7, 11) is 1.80. The van der Waals surface area contributed by atoms with Gasteiger partial charge in [-0.1, -0.05) is 0 Å². The van der Waals surface area contributed by atoms with Crippen molar-refractivity contribution in [1.29, 1.82) is 0 Å². The number of fused-ring (bicyclic) bond motifs is 1. The topological polar surface area (TPSA) is 108 Å². The molecule has 3 N–H and O–H groups in total. The van der Waals surface area contributed by atoms with Gasteiger partial charge in [0, 0.05) is 57.2 Å². The van der Waals surface area contributed by atoms with E-state index >= 15 is 0 Å². The van der Waals surface area contributed by atoms with Crippen molar-refractivity contribution >= 4 is 33.1 Å². The number of thiophene rings is 1. The number of nitrogen functional groups attached to an aromatic ring is 1. The fraction of sp³-hybridized carbons (Fsp3) is 0.292. The van der Waals surface area contributed by atoms with Crippen LogP contribution >= 0.6 is 11.3 Å². The van der Waals surface area contributed by atoms with Crippen LogP contribution in [0.4, 0.5) is 10.1 Å². The summed E-state index contributed by atoms with van der Waals surface area (Å²) in [6.07, 6.45) is 3.17. The number of carbonyl (C=O) groups is 1.